The molecule has 190 valence electrons. The molecule has 0 unspecified atom stereocenters. The molecule has 3 aromatic heterocycles. The van der Waals surface area contributed by atoms with E-state index in [1.54, 1.807) is 37.1 Å². The Balaban J connectivity index is 1.64. The van der Waals surface area contributed by atoms with Crippen molar-refractivity contribution in [1.82, 2.24) is 38.7 Å². The summed E-state index contributed by atoms with van der Waals surface area (Å²) < 4.78 is 19.0. The maximum atomic E-state index is 13.9. The monoisotopic (exact) mass is 563 g/mol. The molecular formula is C22H17Cl3FN9O2. The van der Waals surface area contributed by atoms with Gasteiger partial charge in [-0.3, -0.25) is 13.9 Å². The van der Waals surface area contributed by atoms with Crippen LogP contribution in [0.4, 0.5) is 16.0 Å². The van der Waals surface area contributed by atoms with Crippen LogP contribution in [0.25, 0.3) is 10.9 Å². The maximum Gasteiger partial charge on any atom is 0.355 e. The van der Waals surface area contributed by atoms with Crippen molar-refractivity contribution in [1.29, 1.82) is 0 Å². The molecule has 0 saturated heterocycles. The van der Waals surface area contributed by atoms with Gasteiger partial charge in [0.2, 0.25) is 5.95 Å². The van der Waals surface area contributed by atoms with Gasteiger partial charge < -0.3 is 5.32 Å². The van der Waals surface area contributed by atoms with Crippen LogP contribution in [-0.4, -0.2) is 38.7 Å². The van der Waals surface area contributed by atoms with Crippen LogP contribution >= 0.6 is 34.8 Å². The highest BCUT2D eigenvalue weighted by Crippen LogP contribution is 2.30. The summed E-state index contributed by atoms with van der Waals surface area (Å²) in [6.07, 6.45) is 3.23. The molecule has 0 spiro atoms. The summed E-state index contributed by atoms with van der Waals surface area (Å²) >= 11 is 18.6. The van der Waals surface area contributed by atoms with Crippen molar-refractivity contribution in [2.45, 2.75) is 13.1 Å². The van der Waals surface area contributed by atoms with Crippen LogP contribution in [0.5, 0.6) is 0 Å². The largest absolute Gasteiger partial charge is 0.355 e. The predicted molar refractivity (Wildman–Crippen MR) is 137 cm³/mol. The number of nitrogens with zero attached hydrogens (tertiary/aromatic N) is 8. The van der Waals surface area contributed by atoms with Gasteiger partial charge in [0.05, 0.1) is 34.3 Å². The average Bonchev–Trinajstić information content (AvgIpc) is 3.40. The van der Waals surface area contributed by atoms with E-state index in [1.807, 2.05) is 0 Å². The van der Waals surface area contributed by atoms with Gasteiger partial charge in [-0.05, 0) is 29.8 Å². The zero-order valence-corrected chi connectivity index (χ0v) is 21.6. The third-order valence-electron chi connectivity index (χ3n) is 5.47. The Bertz CT molecular complexity index is 1790. The van der Waals surface area contributed by atoms with Crippen LogP contribution in [0.15, 0.2) is 46.4 Å². The van der Waals surface area contributed by atoms with Crippen molar-refractivity contribution < 1.29 is 4.39 Å². The lowest BCUT2D eigenvalue weighted by molar-refractivity contribution is 0.572. The highest BCUT2D eigenvalue weighted by molar-refractivity contribution is 6.34. The summed E-state index contributed by atoms with van der Waals surface area (Å²) in [6, 6.07) is 5.71. The zero-order chi connectivity index (χ0) is 26.4. The molecular weight excluding hydrogens is 548 g/mol. The van der Waals surface area contributed by atoms with Crippen LogP contribution in [0.1, 0.15) is 11.4 Å². The van der Waals surface area contributed by atoms with Crippen LogP contribution < -0.4 is 16.7 Å². The van der Waals surface area contributed by atoms with E-state index in [9.17, 15) is 14.0 Å². The quantitative estimate of drug-likeness (QED) is 0.314. The molecule has 0 fully saturated rings. The first kappa shape index (κ1) is 24.9. The molecule has 0 atom stereocenters. The summed E-state index contributed by atoms with van der Waals surface area (Å²) in [7, 11) is 3.43. The fourth-order valence-corrected chi connectivity index (χ4v) is 4.34. The second kappa shape index (κ2) is 9.61. The van der Waals surface area contributed by atoms with E-state index in [2.05, 4.69) is 25.5 Å². The van der Waals surface area contributed by atoms with E-state index >= 15 is 0 Å². The molecule has 0 bridgehead atoms. The fraction of sp³-hybridized carbons (Fsp3) is 0.182. The van der Waals surface area contributed by atoms with Gasteiger partial charge in [-0.1, -0.05) is 34.8 Å². The van der Waals surface area contributed by atoms with Crippen LogP contribution in [0.3, 0.4) is 0 Å². The number of aryl methyl sites for hydroxylation is 2. The lowest BCUT2D eigenvalue weighted by Gasteiger charge is -2.16. The minimum absolute atomic E-state index is 0.0405. The Morgan fingerprint density at radius 3 is 2.43 bits per heavy atom. The summed E-state index contributed by atoms with van der Waals surface area (Å²) in [5, 5.41) is 12.3. The minimum atomic E-state index is -0.835. The summed E-state index contributed by atoms with van der Waals surface area (Å²) in [5.41, 5.74) is -0.193. The molecule has 37 heavy (non-hydrogen) atoms. The number of hydrogen-bond acceptors (Lipinski definition) is 7. The zero-order valence-electron chi connectivity index (χ0n) is 19.3. The van der Waals surface area contributed by atoms with E-state index in [4.69, 9.17) is 34.8 Å². The number of nitrogens with one attached hydrogen (secondary N) is 1. The topological polar surface area (TPSA) is 117 Å². The molecule has 11 nitrogen and oxygen atoms in total. The second-order valence-electron chi connectivity index (χ2n) is 8.18. The van der Waals surface area contributed by atoms with Crippen molar-refractivity contribution in [3.8, 4) is 0 Å². The standard InChI is InChI=1S/C22H17Cl3FN9O2/c1-32-7-12-4-18(15(25)6-17(12)30-32)28-20-29-21(36)35(9-19-27-10-33(2)31-19)22(37)34(20)8-11-3-14(24)16(26)5-13(11)23/h3-7,10H,8-9H2,1-2H3,(H,28,29,36). The van der Waals surface area contributed by atoms with Crippen LogP contribution in [0, 0.1) is 5.82 Å². The maximum absolute atomic E-state index is 13.9. The van der Waals surface area contributed by atoms with Gasteiger partial charge in [0.1, 0.15) is 12.1 Å². The van der Waals surface area contributed by atoms with Gasteiger partial charge in [-0.15, -0.1) is 0 Å². The summed E-state index contributed by atoms with van der Waals surface area (Å²) in [6.45, 7) is -0.401. The van der Waals surface area contributed by atoms with Gasteiger partial charge in [0.25, 0.3) is 0 Å². The van der Waals surface area contributed by atoms with Gasteiger partial charge in [0.15, 0.2) is 5.82 Å². The van der Waals surface area contributed by atoms with Crippen molar-refractivity contribution >= 4 is 57.3 Å². The lowest BCUT2D eigenvalue weighted by Crippen LogP contribution is -2.43. The summed E-state index contributed by atoms with van der Waals surface area (Å²) in [4.78, 5) is 34.7. The third kappa shape index (κ3) is 4.95. The number of fused-ring (bicyclic) bond motifs is 1. The number of anilines is 2. The first-order valence-corrected chi connectivity index (χ1v) is 11.8. The molecule has 0 amide bonds. The molecule has 0 aliphatic rings. The summed E-state index contributed by atoms with van der Waals surface area (Å²) in [5.74, 6) is -0.576. The highest BCUT2D eigenvalue weighted by atomic mass is 35.5. The van der Waals surface area contributed by atoms with E-state index in [1.165, 1.54) is 21.6 Å². The predicted octanol–water partition coefficient (Wildman–Crippen LogP) is 3.36. The molecule has 2 aromatic carbocycles. The Morgan fingerprint density at radius 1 is 0.919 bits per heavy atom. The molecule has 3 heterocycles. The fourth-order valence-electron chi connectivity index (χ4n) is 3.74. The van der Waals surface area contributed by atoms with Crippen LogP contribution in [0.2, 0.25) is 15.1 Å². The van der Waals surface area contributed by atoms with E-state index in [0.717, 1.165) is 16.0 Å². The first-order chi connectivity index (χ1) is 17.6. The van der Waals surface area contributed by atoms with Gasteiger partial charge in [-0.25, -0.2) is 23.5 Å². The number of halogens is 4. The molecule has 15 heteroatoms. The Kier molecular flexibility index (Phi) is 6.48. The van der Waals surface area contributed by atoms with E-state index in [-0.39, 0.29) is 39.9 Å². The number of hydrogen-bond donors (Lipinski definition) is 1. The normalized spacial score (nSPS) is 11.4. The van der Waals surface area contributed by atoms with Crippen molar-refractivity contribution in [2.75, 3.05) is 5.32 Å². The minimum Gasteiger partial charge on any atom is -0.324 e. The van der Waals surface area contributed by atoms with Gasteiger partial charge >= 0.3 is 11.4 Å². The molecule has 0 aliphatic heterocycles. The van der Waals surface area contributed by atoms with Gasteiger partial charge in [0, 0.05) is 30.7 Å². The smallest absolute Gasteiger partial charge is 0.324 e. The molecule has 0 aliphatic carbocycles. The van der Waals surface area contributed by atoms with E-state index < -0.39 is 17.2 Å². The third-order valence-corrected chi connectivity index (χ3v) is 6.42. The molecule has 0 radical (unpaired) electrons. The Morgan fingerprint density at radius 2 is 1.70 bits per heavy atom. The Labute approximate surface area is 222 Å². The highest BCUT2D eigenvalue weighted by Gasteiger charge is 2.19. The SMILES string of the molecule is Cn1cnc(Cn2c(=O)nc(Nc3cc4cn(C)nc4cc3Cl)n(Cc3cc(Cl)c(F)cc3Cl)c2=O)n1. The molecule has 1 N–H and O–H groups in total. The van der Waals surface area contributed by atoms with Crippen molar-refractivity contribution in [3.63, 3.8) is 0 Å². The van der Waals surface area contributed by atoms with Crippen molar-refractivity contribution in [3.05, 3.63) is 90.0 Å². The van der Waals surface area contributed by atoms with E-state index in [0.29, 0.717) is 16.8 Å². The van der Waals surface area contributed by atoms with Crippen molar-refractivity contribution in [2.24, 2.45) is 14.1 Å². The molecule has 5 aromatic rings. The average molecular weight is 565 g/mol. The second-order valence-corrected chi connectivity index (χ2v) is 9.41. The molecule has 0 saturated carbocycles. The van der Waals surface area contributed by atoms with Crippen LogP contribution in [-0.2, 0) is 27.2 Å². The number of rotatable bonds is 6. The molecule has 5 rings (SSSR count). The van der Waals surface area contributed by atoms with Gasteiger partial charge in [-0.2, -0.15) is 15.2 Å². The lowest BCUT2D eigenvalue weighted by atomic mass is 10.2. The Hall–Kier alpha value is -3.74. The number of benzene rings is 2. The number of aromatic nitrogens is 8. The first-order valence-electron chi connectivity index (χ1n) is 10.7.